The molecule has 0 unspecified atom stereocenters. The largest absolute Gasteiger partial charge is 0.461 e. The van der Waals surface area contributed by atoms with Crippen molar-refractivity contribution in [3.63, 3.8) is 0 Å². The van der Waals surface area contributed by atoms with Crippen LogP contribution in [-0.2, 0) is 23.9 Å². The van der Waals surface area contributed by atoms with Crippen LogP contribution in [0.5, 0.6) is 0 Å². The summed E-state index contributed by atoms with van der Waals surface area (Å²) in [6, 6.07) is 0. The highest BCUT2D eigenvalue weighted by molar-refractivity contribution is 5.84. The van der Waals surface area contributed by atoms with Crippen molar-refractivity contribution in [2.24, 2.45) is 5.41 Å². The first-order chi connectivity index (χ1) is 10.2. The summed E-state index contributed by atoms with van der Waals surface area (Å²) >= 11 is 0. The number of hydrogen-bond acceptors (Lipinski definition) is 5. The van der Waals surface area contributed by atoms with E-state index in [4.69, 9.17) is 9.47 Å². The minimum atomic E-state index is -0.557. The Morgan fingerprint density at radius 2 is 1.95 bits per heavy atom. The quantitative estimate of drug-likeness (QED) is 0.338. The normalized spacial score (nSPS) is 20.6. The van der Waals surface area contributed by atoms with E-state index in [2.05, 4.69) is 0 Å². The Hall–Kier alpha value is -2.17. The van der Waals surface area contributed by atoms with Crippen LogP contribution in [0.1, 0.15) is 34.6 Å². The van der Waals surface area contributed by atoms with Crippen molar-refractivity contribution >= 4 is 18.2 Å². The van der Waals surface area contributed by atoms with Gasteiger partial charge < -0.3 is 9.47 Å². The average molecular weight is 306 g/mol. The number of aldehydes is 1. The molecule has 1 atom stereocenters. The van der Waals surface area contributed by atoms with Gasteiger partial charge in [0.15, 0.2) is 0 Å². The molecule has 0 aliphatic heterocycles. The van der Waals surface area contributed by atoms with Gasteiger partial charge in [-0.2, -0.15) is 0 Å². The molecule has 22 heavy (non-hydrogen) atoms. The van der Waals surface area contributed by atoms with Gasteiger partial charge in [-0.1, -0.05) is 19.9 Å². The summed E-state index contributed by atoms with van der Waals surface area (Å²) < 4.78 is 10.1. The van der Waals surface area contributed by atoms with E-state index in [1.807, 2.05) is 26.8 Å². The van der Waals surface area contributed by atoms with Crippen LogP contribution in [0.3, 0.4) is 0 Å². The Balaban J connectivity index is 2.76. The molecule has 0 aromatic heterocycles. The summed E-state index contributed by atoms with van der Waals surface area (Å²) in [6.07, 6.45) is 5.09. The van der Waals surface area contributed by atoms with Crippen LogP contribution < -0.4 is 0 Å². The molecular weight excluding hydrogens is 284 g/mol. The van der Waals surface area contributed by atoms with Crippen molar-refractivity contribution in [2.75, 3.05) is 6.61 Å². The van der Waals surface area contributed by atoms with Gasteiger partial charge in [0.1, 0.15) is 19.0 Å². The third-order valence-corrected chi connectivity index (χ3v) is 3.35. The number of ether oxygens (including phenoxy) is 2. The topological polar surface area (TPSA) is 69.7 Å². The Bertz CT molecular complexity index is 564. The molecule has 1 rings (SSSR count). The van der Waals surface area contributed by atoms with Crippen LogP contribution >= 0.6 is 0 Å². The number of carbonyl (C=O) groups is 3. The molecule has 0 fully saturated rings. The summed E-state index contributed by atoms with van der Waals surface area (Å²) in [5, 5.41) is 0. The Kier molecular flexibility index (Phi) is 5.85. The molecule has 1 aliphatic carbocycles. The van der Waals surface area contributed by atoms with E-state index in [1.54, 1.807) is 13.0 Å². The van der Waals surface area contributed by atoms with Gasteiger partial charge in [0.25, 0.3) is 0 Å². The lowest BCUT2D eigenvalue weighted by molar-refractivity contribution is -0.141. The Labute approximate surface area is 130 Å². The van der Waals surface area contributed by atoms with E-state index in [1.165, 1.54) is 13.0 Å². The van der Waals surface area contributed by atoms with Gasteiger partial charge >= 0.3 is 11.9 Å². The number of carbonyl (C=O) groups excluding carboxylic acids is 3. The zero-order valence-electron chi connectivity index (χ0n) is 13.6. The highest BCUT2D eigenvalue weighted by Gasteiger charge is 2.29. The lowest BCUT2D eigenvalue weighted by atomic mass is 9.78. The predicted molar refractivity (Wildman–Crippen MR) is 82.0 cm³/mol. The third-order valence-electron chi connectivity index (χ3n) is 3.35. The first-order valence-corrected chi connectivity index (χ1v) is 7.03. The standard InChI is InChI=1S/C17H22O5/c1-11(10-21-13(3)19)6-16(20)22-15-7-14(9-18)17(4,5)8-12(15)2/h6-9,15H,10H2,1-5H3/b11-6-/t15-/m0/s1. The Morgan fingerprint density at radius 3 is 2.50 bits per heavy atom. The van der Waals surface area contributed by atoms with Crippen molar-refractivity contribution in [3.8, 4) is 0 Å². The predicted octanol–water partition coefficient (Wildman–Crippen LogP) is 2.52. The van der Waals surface area contributed by atoms with E-state index in [-0.39, 0.29) is 12.0 Å². The van der Waals surface area contributed by atoms with Crippen molar-refractivity contribution < 1.29 is 23.9 Å². The lowest BCUT2D eigenvalue weighted by Crippen LogP contribution is -2.26. The molecular formula is C17H22O5. The highest BCUT2D eigenvalue weighted by atomic mass is 16.5. The second-order valence-electron chi connectivity index (χ2n) is 5.98. The summed E-state index contributed by atoms with van der Waals surface area (Å²) in [6.45, 7) is 8.73. The third kappa shape index (κ3) is 4.98. The molecule has 1 aliphatic rings. The van der Waals surface area contributed by atoms with E-state index in [0.717, 1.165) is 11.9 Å². The molecule has 0 saturated carbocycles. The number of hydrogen-bond donors (Lipinski definition) is 0. The van der Waals surface area contributed by atoms with E-state index >= 15 is 0 Å². The molecule has 0 aromatic carbocycles. The van der Waals surface area contributed by atoms with Crippen molar-refractivity contribution in [1.29, 1.82) is 0 Å². The highest BCUT2D eigenvalue weighted by Crippen LogP contribution is 2.34. The molecule has 120 valence electrons. The van der Waals surface area contributed by atoms with Crippen molar-refractivity contribution in [3.05, 3.63) is 34.9 Å². The maximum atomic E-state index is 11.9. The fraction of sp³-hybridized carbons (Fsp3) is 0.471. The zero-order chi connectivity index (χ0) is 16.9. The minimum absolute atomic E-state index is 0.0480. The van der Waals surface area contributed by atoms with Crippen LogP contribution in [0, 0.1) is 5.41 Å². The molecule has 5 heteroatoms. The lowest BCUT2D eigenvalue weighted by Gasteiger charge is -2.29. The van der Waals surface area contributed by atoms with E-state index in [9.17, 15) is 14.4 Å². The summed E-state index contributed by atoms with van der Waals surface area (Å²) in [7, 11) is 0. The first kappa shape index (κ1) is 17.9. The van der Waals surface area contributed by atoms with Crippen molar-refractivity contribution in [2.45, 2.75) is 40.7 Å². The molecule has 0 amide bonds. The fourth-order valence-electron chi connectivity index (χ4n) is 2.18. The molecule has 0 bridgehead atoms. The molecule has 0 N–H and O–H groups in total. The van der Waals surface area contributed by atoms with E-state index in [0.29, 0.717) is 11.1 Å². The van der Waals surface area contributed by atoms with Crippen LogP contribution in [0.25, 0.3) is 0 Å². The minimum Gasteiger partial charge on any atom is -0.461 e. The van der Waals surface area contributed by atoms with Gasteiger partial charge in [0.05, 0.1) is 0 Å². The second kappa shape index (κ2) is 7.20. The number of allylic oxidation sites excluding steroid dienone is 2. The molecule has 0 heterocycles. The van der Waals surface area contributed by atoms with Gasteiger partial charge in [0, 0.05) is 24.0 Å². The number of rotatable bonds is 5. The maximum Gasteiger partial charge on any atom is 0.331 e. The van der Waals surface area contributed by atoms with Crippen LogP contribution in [0.4, 0.5) is 0 Å². The second-order valence-corrected chi connectivity index (χ2v) is 5.98. The van der Waals surface area contributed by atoms with Gasteiger partial charge in [-0.15, -0.1) is 0 Å². The van der Waals surface area contributed by atoms with Gasteiger partial charge in [-0.05, 0) is 31.1 Å². The maximum absolute atomic E-state index is 11.9. The fourth-order valence-corrected chi connectivity index (χ4v) is 2.18. The van der Waals surface area contributed by atoms with E-state index < -0.39 is 18.0 Å². The monoisotopic (exact) mass is 306 g/mol. The smallest absolute Gasteiger partial charge is 0.331 e. The SMILES string of the molecule is CC(=O)OC/C(C)=C\C(=O)O[C@H]1C=C(C=O)C(C)(C)C=C1C. The summed E-state index contributed by atoms with van der Waals surface area (Å²) in [5.74, 6) is -0.948. The van der Waals surface area contributed by atoms with Crippen LogP contribution in [-0.4, -0.2) is 30.9 Å². The molecule has 0 aromatic rings. The number of esters is 2. The van der Waals surface area contributed by atoms with Gasteiger partial charge in [0.2, 0.25) is 0 Å². The molecule has 0 spiro atoms. The molecule has 5 nitrogen and oxygen atoms in total. The molecule has 0 radical (unpaired) electrons. The van der Waals surface area contributed by atoms with Crippen molar-refractivity contribution in [1.82, 2.24) is 0 Å². The van der Waals surface area contributed by atoms with Gasteiger partial charge in [-0.25, -0.2) is 4.79 Å². The zero-order valence-corrected chi connectivity index (χ0v) is 13.6. The summed E-state index contributed by atoms with van der Waals surface area (Å²) in [4.78, 5) is 33.7. The van der Waals surface area contributed by atoms with Crippen LogP contribution in [0.2, 0.25) is 0 Å². The first-order valence-electron chi connectivity index (χ1n) is 7.03. The van der Waals surface area contributed by atoms with Crippen LogP contribution in [0.15, 0.2) is 34.9 Å². The average Bonchev–Trinajstić information content (AvgIpc) is 2.38. The summed E-state index contributed by atoms with van der Waals surface area (Å²) in [5.41, 5.74) is 1.67. The Morgan fingerprint density at radius 1 is 1.32 bits per heavy atom. The van der Waals surface area contributed by atoms with Gasteiger partial charge in [-0.3, -0.25) is 9.59 Å². The molecule has 0 saturated heterocycles.